The highest BCUT2D eigenvalue weighted by molar-refractivity contribution is 7.80. The average Bonchev–Trinajstić information content (AvgIpc) is 3.03. The minimum Gasteiger partial charge on any atom is -0.480 e. The Balaban J connectivity index is 2.68. The van der Waals surface area contributed by atoms with Crippen LogP contribution in [0.25, 0.3) is 0 Å². The molecule has 7 N–H and O–H groups in total. The maximum atomic E-state index is 12.1. The van der Waals surface area contributed by atoms with Gasteiger partial charge in [0.15, 0.2) is 0 Å². The maximum absolute atomic E-state index is 12.1. The number of aliphatic hydroxyl groups is 1. The summed E-state index contributed by atoms with van der Waals surface area (Å²) in [6.07, 6.45) is 2.84. The molecule has 11 heteroatoms. The van der Waals surface area contributed by atoms with Crippen molar-refractivity contribution in [2.24, 2.45) is 5.73 Å². The van der Waals surface area contributed by atoms with Crippen molar-refractivity contribution in [1.29, 1.82) is 0 Å². The summed E-state index contributed by atoms with van der Waals surface area (Å²) in [6.45, 7) is -0.579. The number of aromatic amines is 1. The minimum absolute atomic E-state index is 0.00443. The quantitative estimate of drug-likeness (QED) is 0.238. The largest absolute Gasteiger partial charge is 0.480 e. The molecule has 10 nitrogen and oxygen atoms in total. The van der Waals surface area contributed by atoms with Crippen molar-refractivity contribution in [3.63, 3.8) is 0 Å². The molecule has 2 amide bonds. The van der Waals surface area contributed by atoms with Gasteiger partial charge in [-0.25, -0.2) is 9.78 Å². The molecular formula is C12H19N5O5S. The molecule has 1 aromatic rings. The van der Waals surface area contributed by atoms with Gasteiger partial charge in [-0.1, -0.05) is 0 Å². The molecule has 0 saturated heterocycles. The van der Waals surface area contributed by atoms with Gasteiger partial charge >= 0.3 is 5.97 Å². The Morgan fingerprint density at radius 3 is 2.43 bits per heavy atom. The van der Waals surface area contributed by atoms with Crippen molar-refractivity contribution in [3.8, 4) is 0 Å². The highest BCUT2D eigenvalue weighted by Gasteiger charge is 2.27. The molecule has 0 saturated carbocycles. The zero-order chi connectivity index (χ0) is 17.4. The zero-order valence-electron chi connectivity index (χ0n) is 12.1. The van der Waals surface area contributed by atoms with Crippen LogP contribution in [0.4, 0.5) is 0 Å². The standard InChI is InChI=1S/C12H19N5O5S/c13-7(3-18)10(19)17-9(4-23)11(20)16-8(12(21)22)1-6-2-14-5-15-6/h2,5,7-9,18,23H,1,3-4,13H2,(H,14,15)(H,16,20)(H,17,19)(H,21,22). The van der Waals surface area contributed by atoms with Crippen LogP contribution in [0.3, 0.4) is 0 Å². The van der Waals surface area contributed by atoms with Gasteiger partial charge in [-0.05, 0) is 0 Å². The second kappa shape index (κ2) is 9.12. The molecule has 3 unspecified atom stereocenters. The molecule has 0 aliphatic carbocycles. The van der Waals surface area contributed by atoms with Crippen LogP contribution in [0.2, 0.25) is 0 Å². The van der Waals surface area contributed by atoms with Gasteiger partial charge in [-0.15, -0.1) is 0 Å². The Morgan fingerprint density at radius 1 is 1.30 bits per heavy atom. The van der Waals surface area contributed by atoms with Crippen molar-refractivity contribution < 1.29 is 24.6 Å². The molecule has 0 aliphatic rings. The van der Waals surface area contributed by atoms with Gasteiger partial charge in [0, 0.05) is 24.1 Å². The highest BCUT2D eigenvalue weighted by Crippen LogP contribution is 2.00. The summed E-state index contributed by atoms with van der Waals surface area (Å²) in [5.41, 5.74) is 5.87. The van der Waals surface area contributed by atoms with E-state index in [9.17, 15) is 19.5 Å². The molecule has 1 heterocycles. The first kappa shape index (κ1) is 18.9. The van der Waals surface area contributed by atoms with Crippen molar-refractivity contribution in [1.82, 2.24) is 20.6 Å². The Bertz CT molecular complexity index is 538. The normalized spacial score (nSPS) is 14.6. The van der Waals surface area contributed by atoms with E-state index in [0.29, 0.717) is 5.69 Å². The Kier molecular flexibility index (Phi) is 7.51. The fourth-order valence-corrected chi connectivity index (χ4v) is 1.90. The second-order valence-electron chi connectivity index (χ2n) is 4.71. The average molecular weight is 345 g/mol. The van der Waals surface area contributed by atoms with E-state index in [1.165, 1.54) is 12.5 Å². The van der Waals surface area contributed by atoms with Gasteiger partial charge in [0.1, 0.15) is 18.1 Å². The van der Waals surface area contributed by atoms with Crippen LogP contribution in [0.5, 0.6) is 0 Å². The number of rotatable bonds is 9. The summed E-state index contributed by atoms with van der Waals surface area (Å²) < 4.78 is 0. The molecule has 3 atom stereocenters. The Morgan fingerprint density at radius 2 is 1.96 bits per heavy atom. The first-order valence-electron chi connectivity index (χ1n) is 6.67. The number of H-pyrrole nitrogens is 1. The van der Waals surface area contributed by atoms with E-state index in [0.717, 1.165) is 0 Å². The molecule has 23 heavy (non-hydrogen) atoms. The predicted molar refractivity (Wildman–Crippen MR) is 82.7 cm³/mol. The van der Waals surface area contributed by atoms with Crippen LogP contribution >= 0.6 is 12.6 Å². The summed E-state index contributed by atoms with van der Waals surface area (Å²) >= 11 is 3.95. The number of carbonyl (C=O) groups is 3. The van der Waals surface area contributed by atoms with Crippen molar-refractivity contribution in [2.45, 2.75) is 24.5 Å². The molecule has 0 aromatic carbocycles. The molecule has 0 radical (unpaired) electrons. The van der Waals surface area contributed by atoms with Crippen molar-refractivity contribution >= 4 is 30.4 Å². The third kappa shape index (κ3) is 5.88. The van der Waals surface area contributed by atoms with Crippen LogP contribution in [0.15, 0.2) is 12.5 Å². The van der Waals surface area contributed by atoms with E-state index < -0.39 is 42.5 Å². The van der Waals surface area contributed by atoms with Gasteiger partial charge in [-0.2, -0.15) is 12.6 Å². The smallest absolute Gasteiger partial charge is 0.326 e. The minimum atomic E-state index is -1.23. The molecule has 0 spiro atoms. The fourth-order valence-electron chi connectivity index (χ4n) is 1.64. The lowest BCUT2D eigenvalue weighted by Crippen LogP contribution is -2.56. The number of hydrogen-bond donors (Lipinski definition) is 7. The van der Waals surface area contributed by atoms with Crippen LogP contribution < -0.4 is 16.4 Å². The van der Waals surface area contributed by atoms with Crippen molar-refractivity contribution in [3.05, 3.63) is 18.2 Å². The predicted octanol–water partition coefficient (Wildman–Crippen LogP) is -2.74. The van der Waals surface area contributed by atoms with Crippen LogP contribution in [-0.2, 0) is 20.8 Å². The van der Waals surface area contributed by atoms with E-state index in [1.807, 2.05) is 0 Å². The molecule has 1 aromatic heterocycles. The number of nitrogens with one attached hydrogen (secondary N) is 3. The molecule has 0 aliphatic heterocycles. The summed E-state index contributed by atoms with van der Waals surface area (Å²) in [5.74, 6) is -2.75. The van der Waals surface area contributed by atoms with Gasteiger partial charge in [0.2, 0.25) is 11.8 Å². The molecule has 1 rings (SSSR count). The second-order valence-corrected chi connectivity index (χ2v) is 5.08. The van der Waals surface area contributed by atoms with E-state index in [1.54, 1.807) is 0 Å². The van der Waals surface area contributed by atoms with Crippen LogP contribution in [0, 0.1) is 0 Å². The number of aromatic nitrogens is 2. The number of amides is 2. The number of hydrogen-bond acceptors (Lipinski definition) is 7. The first-order valence-corrected chi connectivity index (χ1v) is 7.30. The van der Waals surface area contributed by atoms with Gasteiger partial charge in [-0.3, -0.25) is 9.59 Å². The fraction of sp³-hybridized carbons (Fsp3) is 0.500. The molecule has 128 valence electrons. The third-order valence-corrected chi connectivity index (χ3v) is 3.31. The molecule has 0 fully saturated rings. The van der Waals surface area contributed by atoms with Crippen LogP contribution in [-0.4, -0.2) is 68.4 Å². The summed E-state index contributed by atoms with van der Waals surface area (Å²) in [6, 6.07) is -3.45. The number of thiol groups is 1. The van der Waals surface area contributed by atoms with Gasteiger partial charge in [0.05, 0.1) is 12.9 Å². The zero-order valence-corrected chi connectivity index (χ0v) is 13.0. The monoisotopic (exact) mass is 345 g/mol. The number of carbonyl (C=O) groups excluding carboxylic acids is 2. The first-order chi connectivity index (χ1) is 10.9. The third-order valence-electron chi connectivity index (χ3n) is 2.94. The summed E-state index contributed by atoms with van der Waals surface area (Å²) in [5, 5.41) is 22.6. The number of nitrogens with zero attached hydrogens (tertiary/aromatic N) is 1. The highest BCUT2D eigenvalue weighted by atomic mass is 32.1. The van der Waals surface area contributed by atoms with Gasteiger partial charge in [0.25, 0.3) is 0 Å². The number of aliphatic hydroxyl groups excluding tert-OH is 1. The number of imidazole rings is 1. The summed E-state index contributed by atoms with van der Waals surface area (Å²) in [7, 11) is 0. The number of carboxylic acids is 1. The van der Waals surface area contributed by atoms with Crippen molar-refractivity contribution in [2.75, 3.05) is 12.4 Å². The Labute approximate surface area is 137 Å². The maximum Gasteiger partial charge on any atom is 0.326 e. The SMILES string of the molecule is NC(CO)C(=O)NC(CS)C(=O)NC(Cc1cnc[nH]1)C(=O)O. The molecule has 0 bridgehead atoms. The van der Waals surface area contributed by atoms with E-state index >= 15 is 0 Å². The van der Waals surface area contributed by atoms with Crippen LogP contribution in [0.1, 0.15) is 5.69 Å². The van der Waals surface area contributed by atoms with E-state index in [-0.39, 0.29) is 12.2 Å². The lowest BCUT2D eigenvalue weighted by atomic mass is 10.1. The topological polar surface area (TPSA) is 170 Å². The Hall–Kier alpha value is -2.11. The number of aliphatic carboxylic acids is 1. The molecular weight excluding hydrogens is 326 g/mol. The van der Waals surface area contributed by atoms with E-state index in [4.69, 9.17) is 10.8 Å². The van der Waals surface area contributed by atoms with E-state index in [2.05, 4.69) is 33.2 Å². The lowest BCUT2D eigenvalue weighted by molar-refractivity contribution is -0.142. The number of carboxylic acid groups (broad SMARTS) is 1. The van der Waals surface area contributed by atoms with Gasteiger partial charge < -0.3 is 31.6 Å². The lowest BCUT2D eigenvalue weighted by Gasteiger charge is -2.21. The number of nitrogens with two attached hydrogens (primary N) is 1. The summed E-state index contributed by atoms with van der Waals surface area (Å²) in [4.78, 5) is 41.4.